The lowest BCUT2D eigenvalue weighted by molar-refractivity contribution is 0.116. The fraction of sp³-hybridized carbons (Fsp3) is 0.235. The van der Waals surface area contributed by atoms with Gasteiger partial charge in [0.05, 0.1) is 29.2 Å². The van der Waals surface area contributed by atoms with E-state index in [0.29, 0.717) is 12.1 Å². The molecule has 0 atom stereocenters. The highest BCUT2D eigenvalue weighted by atomic mass is 32.2. The van der Waals surface area contributed by atoms with Gasteiger partial charge in [0.15, 0.2) is 0 Å². The maximum atomic E-state index is 14.4. The number of pyridine rings is 1. The van der Waals surface area contributed by atoms with E-state index in [4.69, 9.17) is 4.42 Å². The molecule has 0 spiro atoms. The van der Waals surface area contributed by atoms with Gasteiger partial charge in [-0.05, 0) is 30.2 Å². The maximum absolute atomic E-state index is 14.4. The summed E-state index contributed by atoms with van der Waals surface area (Å²) in [5.41, 5.74) is 1.30. The third kappa shape index (κ3) is 3.33. The van der Waals surface area contributed by atoms with Crippen molar-refractivity contribution in [1.82, 2.24) is 15.2 Å². The molecule has 7 nitrogen and oxygen atoms in total. The van der Waals surface area contributed by atoms with Crippen molar-refractivity contribution in [2.75, 3.05) is 10.1 Å². The van der Waals surface area contributed by atoms with E-state index >= 15 is 0 Å². The van der Waals surface area contributed by atoms with Gasteiger partial charge in [-0.25, -0.2) is 13.4 Å². The van der Waals surface area contributed by atoms with Gasteiger partial charge in [0.1, 0.15) is 0 Å². The molecule has 2 aromatic heterocycles. The zero-order chi connectivity index (χ0) is 19.9. The zero-order valence-corrected chi connectivity index (χ0v) is 15.0. The minimum Gasteiger partial charge on any atom is -0.415 e. The van der Waals surface area contributed by atoms with Crippen molar-refractivity contribution in [3.63, 3.8) is 0 Å². The number of alkyl halides is 2. The average molecular weight is 410 g/mol. The highest BCUT2D eigenvalue weighted by Crippen LogP contribution is 2.31. The normalized spacial score (nSPS) is 15.6. The molecule has 3 heterocycles. The Kier molecular flexibility index (Phi) is 4.53. The van der Waals surface area contributed by atoms with E-state index in [-0.39, 0.29) is 23.6 Å². The molecule has 0 fully saturated rings. The standard InChI is InChI=1S/C17H13F3N4O3S/c18-14(19)17-23-22-16(27-17)12-6-5-11(21-15(12)20)9-24-13-4-2-1-3-10(13)7-8-28(24,25)26/h1-6,14H,7-9H2. The summed E-state index contributed by atoms with van der Waals surface area (Å²) in [6.45, 7) is -0.164. The number of aromatic nitrogens is 3. The quantitative estimate of drug-likeness (QED) is 0.614. The van der Waals surface area contributed by atoms with Crippen LogP contribution in [0.5, 0.6) is 0 Å². The second-order valence-corrected chi connectivity index (χ2v) is 8.10. The summed E-state index contributed by atoms with van der Waals surface area (Å²) in [4.78, 5) is 3.75. The Morgan fingerprint density at radius 2 is 1.93 bits per heavy atom. The van der Waals surface area contributed by atoms with Gasteiger partial charge in [-0.2, -0.15) is 13.2 Å². The lowest BCUT2D eigenvalue weighted by atomic mass is 10.1. The SMILES string of the molecule is O=S1(=O)CCc2ccccc2N1Cc1ccc(-c2nnc(C(F)F)o2)c(F)n1. The van der Waals surface area contributed by atoms with Crippen LogP contribution in [0.25, 0.3) is 11.5 Å². The highest BCUT2D eigenvalue weighted by Gasteiger charge is 2.30. The summed E-state index contributed by atoms with van der Waals surface area (Å²) in [5.74, 6) is -2.43. The average Bonchev–Trinajstić information content (AvgIpc) is 3.14. The van der Waals surface area contributed by atoms with Crippen LogP contribution in [-0.2, 0) is 23.0 Å². The van der Waals surface area contributed by atoms with Crippen molar-refractivity contribution >= 4 is 15.7 Å². The van der Waals surface area contributed by atoms with Crippen LogP contribution in [-0.4, -0.2) is 29.4 Å². The predicted octanol–water partition coefficient (Wildman–Crippen LogP) is 3.10. The molecule has 0 N–H and O–H groups in total. The minimum absolute atomic E-state index is 0.0526. The van der Waals surface area contributed by atoms with Crippen LogP contribution in [0.2, 0.25) is 0 Å². The molecule has 1 aliphatic rings. The highest BCUT2D eigenvalue weighted by molar-refractivity contribution is 7.92. The summed E-state index contributed by atoms with van der Waals surface area (Å²) in [6, 6.07) is 9.69. The lowest BCUT2D eigenvalue weighted by Crippen LogP contribution is -2.37. The molecule has 0 aliphatic carbocycles. The Balaban J connectivity index is 1.65. The topological polar surface area (TPSA) is 89.2 Å². The summed E-state index contributed by atoms with van der Waals surface area (Å²) in [7, 11) is -3.57. The molecule has 146 valence electrons. The Labute approximate surface area is 157 Å². The molecule has 28 heavy (non-hydrogen) atoms. The van der Waals surface area contributed by atoms with Crippen LogP contribution in [0.4, 0.5) is 18.9 Å². The number of hydrogen-bond donors (Lipinski definition) is 0. The van der Waals surface area contributed by atoms with E-state index < -0.39 is 34.2 Å². The Hall–Kier alpha value is -2.95. The van der Waals surface area contributed by atoms with E-state index in [2.05, 4.69) is 15.2 Å². The molecular weight excluding hydrogens is 397 g/mol. The summed E-state index contributed by atoms with van der Waals surface area (Å²) < 4.78 is 70.4. The van der Waals surface area contributed by atoms with E-state index in [0.717, 1.165) is 5.56 Å². The van der Waals surface area contributed by atoms with Crippen LogP contribution in [0.1, 0.15) is 23.6 Å². The molecule has 4 rings (SSSR count). The Morgan fingerprint density at radius 1 is 1.14 bits per heavy atom. The van der Waals surface area contributed by atoms with Gasteiger partial charge >= 0.3 is 6.43 Å². The number of hydrogen-bond acceptors (Lipinski definition) is 6. The number of sulfonamides is 1. The molecule has 0 radical (unpaired) electrons. The van der Waals surface area contributed by atoms with Gasteiger partial charge < -0.3 is 4.42 Å². The summed E-state index contributed by atoms with van der Waals surface area (Å²) >= 11 is 0. The summed E-state index contributed by atoms with van der Waals surface area (Å²) in [5, 5.41) is 6.53. The van der Waals surface area contributed by atoms with Crippen molar-refractivity contribution in [3.05, 3.63) is 59.5 Å². The first-order valence-electron chi connectivity index (χ1n) is 8.21. The van der Waals surface area contributed by atoms with Crippen LogP contribution >= 0.6 is 0 Å². The number of fused-ring (bicyclic) bond motifs is 1. The first-order chi connectivity index (χ1) is 13.3. The first kappa shape index (κ1) is 18.4. The van der Waals surface area contributed by atoms with Gasteiger partial charge in [-0.15, -0.1) is 10.2 Å². The molecule has 0 unspecified atom stereocenters. The third-order valence-corrected chi connectivity index (χ3v) is 6.01. The second kappa shape index (κ2) is 6.89. The molecule has 3 aromatic rings. The maximum Gasteiger partial charge on any atom is 0.314 e. The van der Waals surface area contributed by atoms with Crippen molar-refractivity contribution in [3.8, 4) is 11.5 Å². The third-order valence-electron chi connectivity index (χ3n) is 4.30. The summed E-state index contributed by atoms with van der Waals surface area (Å²) in [6.07, 6.45) is -2.57. The molecule has 11 heteroatoms. The number of rotatable bonds is 4. The Bertz CT molecular complexity index is 1130. The zero-order valence-electron chi connectivity index (χ0n) is 14.2. The number of nitrogens with zero attached hydrogens (tertiary/aromatic N) is 4. The molecule has 0 amide bonds. The van der Waals surface area contributed by atoms with E-state index in [1.165, 1.54) is 16.4 Å². The van der Waals surface area contributed by atoms with Gasteiger partial charge in [-0.3, -0.25) is 4.31 Å². The monoisotopic (exact) mass is 410 g/mol. The van der Waals surface area contributed by atoms with Crippen molar-refractivity contribution in [2.45, 2.75) is 19.4 Å². The molecule has 1 aliphatic heterocycles. The van der Waals surface area contributed by atoms with Crippen molar-refractivity contribution in [2.24, 2.45) is 0 Å². The number of halogens is 3. The van der Waals surface area contributed by atoms with E-state index in [1.54, 1.807) is 12.1 Å². The van der Waals surface area contributed by atoms with Gasteiger partial charge in [0, 0.05) is 0 Å². The lowest BCUT2D eigenvalue weighted by Gasteiger charge is -2.30. The van der Waals surface area contributed by atoms with Gasteiger partial charge in [-0.1, -0.05) is 18.2 Å². The number of benzene rings is 1. The van der Waals surface area contributed by atoms with Crippen LogP contribution in [0.15, 0.2) is 40.8 Å². The van der Waals surface area contributed by atoms with E-state index in [1.807, 2.05) is 12.1 Å². The number of anilines is 1. The molecular formula is C17H13F3N4O3S. The van der Waals surface area contributed by atoms with Crippen LogP contribution < -0.4 is 4.31 Å². The van der Waals surface area contributed by atoms with Gasteiger partial charge in [0.25, 0.3) is 11.8 Å². The largest absolute Gasteiger partial charge is 0.415 e. The van der Waals surface area contributed by atoms with E-state index in [9.17, 15) is 21.6 Å². The van der Waals surface area contributed by atoms with Crippen LogP contribution in [0.3, 0.4) is 0 Å². The first-order valence-corrected chi connectivity index (χ1v) is 9.82. The molecule has 1 aromatic carbocycles. The fourth-order valence-corrected chi connectivity index (χ4v) is 4.45. The van der Waals surface area contributed by atoms with Crippen LogP contribution in [0, 0.1) is 5.95 Å². The smallest absolute Gasteiger partial charge is 0.314 e. The predicted molar refractivity (Wildman–Crippen MR) is 92.6 cm³/mol. The minimum atomic E-state index is -3.57. The number of para-hydroxylation sites is 1. The van der Waals surface area contributed by atoms with Gasteiger partial charge in [0.2, 0.25) is 16.0 Å². The van der Waals surface area contributed by atoms with Crippen molar-refractivity contribution < 1.29 is 26.0 Å². The molecule has 0 saturated heterocycles. The number of aryl methyl sites for hydroxylation is 1. The Morgan fingerprint density at radius 3 is 2.64 bits per heavy atom. The molecule has 0 bridgehead atoms. The van der Waals surface area contributed by atoms with Crippen molar-refractivity contribution in [1.29, 1.82) is 0 Å². The molecule has 0 saturated carbocycles. The second-order valence-electron chi connectivity index (χ2n) is 6.09. The fourth-order valence-electron chi connectivity index (χ4n) is 2.95.